The third-order valence-corrected chi connectivity index (χ3v) is 4.04. The van der Waals surface area contributed by atoms with E-state index < -0.39 is 9.84 Å². The minimum absolute atomic E-state index is 0.00781. The number of benzene rings is 1. The molecule has 0 fully saturated rings. The van der Waals surface area contributed by atoms with Crippen molar-refractivity contribution in [1.29, 1.82) is 0 Å². The fraction of sp³-hybridized carbons (Fsp3) is 0.300. The Kier molecular flexibility index (Phi) is 2.35. The van der Waals surface area contributed by atoms with Crippen LogP contribution >= 0.6 is 11.6 Å². The van der Waals surface area contributed by atoms with Crippen LogP contribution in [0, 0.1) is 0 Å². The van der Waals surface area contributed by atoms with Gasteiger partial charge in [0.15, 0.2) is 15.6 Å². The normalized spacial score (nSPS) is 15.5. The molecular weight excluding hydrogens is 236 g/mol. The largest absolute Gasteiger partial charge is 0.294 e. The Bertz CT molecular complexity index is 546. The van der Waals surface area contributed by atoms with Crippen molar-refractivity contribution < 1.29 is 13.2 Å². The average molecular weight is 245 g/mol. The summed E-state index contributed by atoms with van der Waals surface area (Å²) in [6, 6.07) is 2.97. The first-order valence-electron chi connectivity index (χ1n) is 4.45. The van der Waals surface area contributed by atoms with E-state index in [0.29, 0.717) is 18.4 Å². The second-order valence-corrected chi connectivity index (χ2v) is 6.03. The first kappa shape index (κ1) is 10.6. The van der Waals surface area contributed by atoms with Crippen molar-refractivity contribution in [2.45, 2.75) is 17.7 Å². The van der Waals surface area contributed by atoms with Crippen molar-refractivity contribution in [3.8, 4) is 0 Å². The highest BCUT2D eigenvalue weighted by Gasteiger charge is 2.23. The highest BCUT2D eigenvalue weighted by atomic mass is 35.5. The van der Waals surface area contributed by atoms with Gasteiger partial charge in [-0.2, -0.15) is 0 Å². The van der Waals surface area contributed by atoms with Gasteiger partial charge in [0.25, 0.3) is 0 Å². The molecule has 80 valence electrons. The molecule has 1 aromatic rings. The first-order chi connectivity index (χ1) is 6.89. The van der Waals surface area contributed by atoms with E-state index in [0.717, 1.165) is 11.8 Å². The summed E-state index contributed by atoms with van der Waals surface area (Å²) >= 11 is 5.85. The van der Waals surface area contributed by atoms with E-state index >= 15 is 0 Å². The fourth-order valence-corrected chi connectivity index (χ4v) is 3.08. The monoisotopic (exact) mass is 244 g/mol. The van der Waals surface area contributed by atoms with E-state index in [1.54, 1.807) is 6.07 Å². The number of carbonyl (C=O) groups excluding carboxylic acids is 1. The molecule has 2 rings (SSSR count). The first-order valence-corrected chi connectivity index (χ1v) is 6.72. The van der Waals surface area contributed by atoms with Crippen LogP contribution in [0.1, 0.15) is 22.3 Å². The zero-order valence-corrected chi connectivity index (χ0v) is 9.65. The molecule has 1 aliphatic carbocycles. The van der Waals surface area contributed by atoms with Gasteiger partial charge in [-0.05, 0) is 24.1 Å². The molecule has 0 aliphatic heterocycles. The molecule has 0 spiro atoms. The molecule has 5 heteroatoms. The van der Waals surface area contributed by atoms with Gasteiger partial charge < -0.3 is 0 Å². The van der Waals surface area contributed by atoms with E-state index in [2.05, 4.69) is 0 Å². The van der Waals surface area contributed by atoms with Crippen LogP contribution in [-0.4, -0.2) is 20.5 Å². The maximum atomic E-state index is 11.4. The topological polar surface area (TPSA) is 51.2 Å². The quantitative estimate of drug-likeness (QED) is 0.758. The van der Waals surface area contributed by atoms with Crippen molar-refractivity contribution in [3.05, 3.63) is 28.3 Å². The number of aryl methyl sites for hydroxylation is 1. The number of sulfone groups is 1. The van der Waals surface area contributed by atoms with Gasteiger partial charge in [-0.15, -0.1) is 0 Å². The number of hydrogen-bond donors (Lipinski definition) is 0. The summed E-state index contributed by atoms with van der Waals surface area (Å²) < 4.78 is 22.7. The maximum Gasteiger partial charge on any atom is 0.177 e. The van der Waals surface area contributed by atoms with Crippen molar-refractivity contribution in [1.82, 2.24) is 0 Å². The van der Waals surface area contributed by atoms with E-state index in [9.17, 15) is 13.2 Å². The Labute approximate surface area is 93.0 Å². The summed E-state index contributed by atoms with van der Waals surface area (Å²) in [6.45, 7) is 0. The van der Waals surface area contributed by atoms with Gasteiger partial charge in [-0.25, -0.2) is 8.42 Å². The van der Waals surface area contributed by atoms with E-state index in [1.165, 1.54) is 6.07 Å². The van der Waals surface area contributed by atoms with Crippen LogP contribution in [0.2, 0.25) is 5.02 Å². The highest BCUT2D eigenvalue weighted by molar-refractivity contribution is 7.90. The Morgan fingerprint density at radius 1 is 1.27 bits per heavy atom. The van der Waals surface area contributed by atoms with Crippen LogP contribution in [0.15, 0.2) is 17.0 Å². The summed E-state index contributed by atoms with van der Waals surface area (Å²) in [6.07, 6.45) is 2.18. The molecule has 0 bridgehead atoms. The van der Waals surface area contributed by atoms with Crippen LogP contribution in [0.5, 0.6) is 0 Å². The number of hydrogen-bond acceptors (Lipinski definition) is 3. The molecule has 0 saturated carbocycles. The summed E-state index contributed by atoms with van der Waals surface area (Å²) in [5.41, 5.74) is 1.34. The zero-order chi connectivity index (χ0) is 11.2. The van der Waals surface area contributed by atoms with E-state index in [-0.39, 0.29) is 15.7 Å². The molecule has 0 atom stereocenters. The molecule has 0 saturated heterocycles. The lowest BCUT2D eigenvalue weighted by Gasteiger charge is -2.04. The van der Waals surface area contributed by atoms with Crippen molar-refractivity contribution in [2.24, 2.45) is 0 Å². The number of fused-ring (bicyclic) bond motifs is 1. The van der Waals surface area contributed by atoms with Crippen molar-refractivity contribution in [3.63, 3.8) is 0 Å². The molecule has 0 N–H and O–H groups in total. The van der Waals surface area contributed by atoms with Crippen LogP contribution in [0.3, 0.4) is 0 Å². The number of ketones is 1. The van der Waals surface area contributed by atoms with Gasteiger partial charge in [0.2, 0.25) is 0 Å². The lowest BCUT2D eigenvalue weighted by Crippen LogP contribution is -2.01. The highest BCUT2D eigenvalue weighted by Crippen LogP contribution is 2.30. The number of rotatable bonds is 1. The van der Waals surface area contributed by atoms with Gasteiger partial charge in [0.1, 0.15) is 0 Å². The second kappa shape index (κ2) is 3.32. The molecule has 1 aromatic carbocycles. The average Bonchev–Trinajstić information content (AvgIpc) is 2.44. The Morgan fingerprint density at radius 3 is 2.53 bits per heavy atom. The van der Waals surface area contributed by atoms with Gasteiger partial charge in [-0.3, -0.25) is 4.79 Å². The number of carbonyl (C=O) groups is 1. The smallest absolute Gasteiger partial charge is 0.177 e. The summed E-state index contributed by atoms with van der Waals surface area (Å²) in [7, 11) is -3.36. The number of Topliss-reactive ketones (excluding diaryl/α,β-unsaturated/α-hetero) is 1. The Balaban J connectivity index is 2.71. The molecule has 1 aliphatic rings. The van der Waals surface area contributed by atoms with Crippen LogP contribution in [0.25, 0.3) is 0 Å². The molecular formula is C10H9ClO3S. The third kappa shape index (κ3) is 1.79. The SMILES string of the molecule is CS(=O)(=O)c1cc2c(cc1Cl)CCC2=O. The minimum Gasteiger partial charge on any atom is -0.294 e. The van der Waals surface area contributed by atoms with Crippen LogP contribution in [-0.2, 0) is 16.3 Å². The van der Waals surface area contributed by atoms with E-state index in [4.69, 9.17) is 11.6 Å². The second-order valence-electron chi connectivity index (χ2n) is 3.64. The predicted molar refractivity (Wildman–Crippen MR) is 57.2 cm³/mol. The van der Waals surface area contributed by atoms with Crippen molar-refractivity contribution in [2.75, 3.05) is 6.26 Å². The third-order valence-electron chi connectivity index (χ3n) is 2.48. The maximum absolute atomic E-state index is 11.4. The molecule has 0 radical (unpaired) electrons. The van der Waals surface area contributed by atoms with Crippen molar-refractivity contribution >= 4 is 27.2 Å². The van der Waals surface area contributed by atoms with Gasteiger partial charge in [0.05, 0.1) is 9.92 Å². The summed E-state index contributed by atoms with van der Waals surface area (Å²) in [5, 5.41) is 0.200. The summed E-state index contributed by atoms with van der Waals surface area (Å²) in [4.78, 5) is 11.5. The minimum atomic E-state index is -3.36. The fourth-order valence-electron chi connectivity index (χ4n) is 1.73. The lowest BCUT2D eigenvalue weighted by molar-refractivity contribution is 0.0994. The van der Waals surface area contributed by atoms with Crippen LogP contribution in [0.4, 0.5) is 0 Å². The molecule has 3 nitrogen and oxygen atoms in total. The molecule has 15 heavy (non-hydrogen) atoms. The Hall–Kier alpha value is -0.870. The number of halogens is 1. The standard InChI is InChI=1S/C10H9ClO3S/c1-15(13,14)10-5-7-6(4-8(10)11)2-3-9(7)12/h4-5H,2-3H2,1H3. The van der Waals surface area contributed by atoms with E-state index in [1.807, 2.05) is 0 Å². The zero-order valence-electron chi connectivity index (χ0n) is 8.08. The predicted octanol–water partition coefficient (Wildman–Crippen LogP) is 1.87. The lowest BCUT2D eigenvalue weighted by atomic mass is 10.1. The van der Waals surface area contributed by atoms with Crippen LogP contribution < -0.4 is 0 Å². The molecule has 0 heterocycles. The molecule has 0 amide bonds. The Morgan fingerprint density at radius 2 is 1.93 bits per heavy atom. The summed E-state index contributed by atoms with van der Waals surface area (Å²) in [5.74, 6) is -0.00781. The van der Waals surface area contributed by atoms with Gasteiger partial charge in [0, 0.05) is 18.2 Å². The molecule has 0 aromatic heterocycles. The molecule has 0 unspecified atom stereocenters. The van der Waals surface area contributed by atoms with Gasteiger partial charge >= 0.3 is 0 Å². The van der Waals surface area contributed by atoms with Gasteiger partial charge in [-0.1, -0.05) is 11.6 Å².